The van der Waals surface area contributed by atoms with Crippen LogP contribution in [-0.4, -0.2) is 66.0 Å². The lowest BCUT2D eigenvalue weighted by atomic mass is 10.0. The van der Waals surface area contributed by atoms with Gasteiger partial charge in [0, 0.05) is 61.3 Å². The normalized spacial score (nSPS) is 18.7. The molecule has 11 heteroatoms. The van der Waals surface area contributed by atoms with Gasteiger partial charge in [0.25, 0.3) is 5.91 Å². The Kier molecular flexibility index (Phi) is 9.04. The van der Waals surface area contributed by atoms with Crippen molar-refractivity contribution in [3.05, 3.63) is 87.6 Å². The number of aromatic nitrogens is 1. The molecule has 230 valence electrons. The minimum atomic E-state index is -4.57. The Labute approximate surface area is 253 Å². The first kappa shape index (κ1) is 31.2. The molecule has 2 aliphatic rings. The molecular formula is C33H33F4N5O2. The van der Waals surface area contributed by atoms with Gasteiger partial charge >= 0.3 is 6.18 Å². The van der Waals surface area contributed by atoms with Gasteiger partial charge in [-0.3, -0.25) is 14.5 Å². The second kappa shape index (κ2) is 12.8. The predicted molar refractivity (Wildman–Crippen MR) is 160 cm³/mol. The molecule has 1 saturated carbocycles. The fourth-order valence-electron chi connectivity index (χ4n) is 4.96. The van der Waals surface area contributed by atoms with Gasteiger partial charge in [0.05, 0.1) is 11.5 Å². The van der Waals surface area contributed by atoms with E-state index in [0.29, 0.717) is 35.6 Å². The summed E-state index contributed by atoms with van der Waals surface area (Å²) in [6.45, 7) is 6.74. The molecule has 0 unspecified atom stereocenters. The van der Waals surface area contributed by atoms with Gasteiger partial charge in [0.15, 0.2) is 0 Å². The first-order valence-corrected chi connectivity index (χ1v) is 14.3. The van der Waals surface area contributed by atoms with Gasteiger partial charge < -0.3 is 15.5 Å². The third kappa shape index (κ3) is 7.62. The number of pyridine rings is 1. The SMILES string of the molecule is Cc1ccc(C(=O)Nc2ccc(CN3CCN(C)CC3)c(C(F)(F)F)c2)cc1C#Cc1cnc(NC(=O)[C@@H]2C[C@@H]2F)c(C)c1. The van der Waals surface area contributed by atoms with Gasteiger partial charge in [-0.25, -0.2) is 9.37 Å². The molecule has 1 aliphatic heterocycles. The zero-order chi connectivity index (χ0) is 31.6. The van der Waals surface area contributed by atoms with Crippen LogP contribution >= 0.6 is 0 Å². The molecule has 2 fully saturated rings. The average Bonchev–Trinajstić information content (AvgIpc) is 3.72. The molecule has 0 spiro atoms. The van der Waals surface area contributed by atoms with Crippen LogP contribution in [0.3, 0.4) is 0 Å². The Hall–Kier alpha value is -4.27. The summed E-state index contributed by atoms with van der Waals surface area (Å²) in [7, 11) is 1.99. The number of alkyl halides is 4. The summed E-state index contributed by atoms with van der Waals surface area (Å²) in [6, 6.07) is 10.6. The standard InChI is InChI=1S/C33H33F4N5O2/c1-20-4-6-24(15-23(20)7-5-22-14-21(2)30(38-18-22)40-32(44)27-17-29(27)34)31(43)39-26-9-8-25(28(16-26)33(35,36)37)19-42-12-10-41(3)11-13-42/h4,6,8-9,14-16,18,27,29H,10-13,17,19H2,1-3H3,(H,39,43)(H,38,40,44)/t27-,29+/m1/s1. The van der Waals surface area contributed by atoms with Crippen LogP contribution in [0.5, 0.6) is 0 Å². The number of nitrogens with zero attached hydrogens (tertiary/aromatic N) is 3. The van der Waals surface area contributed by atoms with E-state index >= 15 is 0 Å². The smallest absolute Gasteiger partial charge is 0.322 e. The molecule has 0 bridgehead atoms. The number of benzene rings is 2. The van der Waals surface area contributed by atoms with Crippen molar-refractivity contribution in [3.63, 3.8) is 0 Å². The number of anilines is 2. The number of nitrogens with one attached hydrogen (secondary N) is 2. The van der Waals surface area contributed by atoms with Crippen molar-refractivity contribution in [2.24, 2.45) is 5.92 Å². The lowest BCUT2D eigenvalue weighted by Crippen LogP contribution is -2.44. The van der Waals surface area contributed by atoms with Crippen LogP contribution in [-0.2, 0) is 17.5 Å². The molecule has 1 aliphatic carbocycles. The van der Waals surface area contributed by atoms with E-state index in [9.17, 15) is 27.2 Å². The summed E-state index contributed by atoms with van der Waals surface area (Å²) in [5.74, 6) is 4.79. The van der Waals surface area contributed by atoms with Crippen LogP contribution in [0.1, 0.15) is 50.2 Å². The van der Waals surface area contributed by atoms with Gasteiger partial charge in [-0.2, -0.15) is 13.2 Å². The number of piperazine rings is 1. The molecule has 2 N–H and O–H groups in total. The van der Waals surface area contributed by atoms with Crippen LogP contribution < -0.4 is 10.6 Å². The van der Waals surface area contributed by atoms with Crippen molar-refractivity contribution in [1.82, 2.24) is 14.8 Å². The summed E-state index contributed by atoms with van der Waals surface area (Å²) in [5.41, 5.74) is 2.31. The minimum absolute atomic E-state index is 0.0510. The third-order valence-electron chi connectivity index (χ3n) is 7.87. The molecule has 2 aromatic carbocycles. The maximum Gasteiger partial charge on any atom is 0.416 e. The number of hydrogen-bond donors (Lipinski definition) is 2. The molecule has 0 radical (unpaired) electrons. The van der Waals surface area contributed by atoms with Crippen molar-refractivity contribution in [2.45, 2.75) is 39.2 Å². The molecule has 44 heavy (non-hydrogen) atoms. The number of halogens is 4. The molecule has 1 saturated heterocycles. The van der Waals surface area contributed by atoms with E-state index in [4.69, 9.17) is 0 Å². The molecule has 1 aromatic heterocycles. The van der Waals surface area contributed by atoms with Crippen LogP contribution in [0.2, 0.25) is 0 Å². The highest BCUT2D eigenvalue weighted by Crippen LogP contribution is 2.35. The number of carbonyl (C=O) groups excluding carboxylic acids is 2. The highest BCUT2D eigenvalue weighted by Gasteiger charge is 2.43. The number of amides is 2. The molecular weight excluding hydrogens is 574 g/mol. The Balaban J connectivity index is 1.29. The van der Waals surface area contributed by atoms with E-state index in [0.717, 1.165) is 24.7 Å². The van der Waals surface area contributed by atoms with Crippen molar-refractivity contribution in [1.29, 1.82) is 0 Å². The van der Waals surface area contributed by atoms with Crippen molar-refractivity contribution < 1.29 is 27.2 Å². The Morgan fingerprint density at radius 2 is 1.70 bits per heavy atom. The second-order valence-electron chi connectivity index (χ2n) is 11.4. The summed E-state index contributed by atoms with van der Waals surface area (Å²) in [5, 5.41) is 5.23. The highest BCUT2D eigenvalue weighted by atomic mass is 19.4. The van der Waals surface area contributed by atoms with E-state index in [1.807, 2.05) is 18.9 Å². The van der Waals surface area contributed by atoms with Gasteiger partial charge in [-0.05, 0) is 74.3 Å². The maximum atomic E-state index is 14.0. The maximum absolute atomic E-state index is 14.0. The van der Waals surface area contributed by atoms with Crippen molar-refractivity contribution in [3.8, 4) is 11.8 Å². The quantitative estimate of drug-likeness (QED) is 0.290. The monoisotopic (exact) mass is 607 g/mol. The van der Waals surface area contributed by atoms with Crippen molar-refractivity contribution in [2.75, 3.05) is 43.9 Å². The molecule has 3 aromatic rings. The average molecular weight is 608 g/mol. The van der Waals surface area contributed by atoms with Crippen LogP contribution in [0, 0.1) is 31.6 Å². The van der Waals surface area contributed by atoms with Gasteiger partial charge in [-0.15, -0.1) is 0 Å². The van der Waals surface area contributed by atoms with E-state index in [1.54, 1.807) is 31.2 Å². The van der Waals surface area contributed by atoms with E-state index in [1.165, 1.54) is 18.3 Å². The number of carbonyl (C=O) groups is 2. The van der Waals surface area contributed by atoms with Gasteiger partial charge in [-0.1, -0.05) is 24.0 Å². The molecule has 7 nitrogen and oxygen atoms in total. The van der Waals surface area contributed by atoms with Crippen LogP contribution in [0.25, 0.3) is 0 Å². The largest absolute Gasteiger partial charge is 0.416 e. The summed E-state index contributed by atoms with van der Waals surface area (Å²) in [4.78, 5) is 33.5. The van der Waals surface area contributed by atoms with Crippen LogP contribution in [0.4, 0.5) is 29.1 Å². The fourth-order valence-corrected chi connectivity index (χ4v) is 4.96. The highest BCUT2D eigenvalue weighted by molar-refractivity contribution is 6.04. The predicted octanol–water partition coefficient (Wildman–Crippen LogP) is 5.41. The summed E-state index contributed by atoms with van der Waals surface area (Å²) in [6.07, 6.45) is -3.95. The zero-order valence-corrected chi connectivity index (χ0v) is 24.7. The first-order valence-electron chi connectivity index (χ1n) is 14.3. The minimum Gasteiger partial charge on any atom is -0.322 e. The Morgan fingerprint density at radius 1 is 0.977 bits per heavy atom. The number of hydrogen-bond acceptors (Lipinski definition) is 5. The van der Waals surface area contributed by atoms with Crippen LogP contribution in [0.15, 0.2) is 48.7 Å². The van der Waals surface area contributed by atoms with Gasteiger partial charge in [0.1, 0.15) is 12.0 Å². The van der Waals surface area contributed by atoms with E-state index < -0.39 is 35.6 Å². The Morgan fingerprint density at radius 3 is 2.36 bits per heavy atom. The molecule has 2 atom stereocenters. The first-order chi connectivity index (χ1) is 20.9. The summed E-state index contributed by atoms with van der Waals surface area (Å²) < 4.78 is 55.1. The van der Waals surface area contributed by atoms with Gasteiger partial charge in [0.2, 0.25) is 5.91 Å². The molecule has 2 amide bonds. The number of rotatable bonds is 6. The Bertz CT molecular complexity index is 1640. The third-order valence-corrected chi connectivity index (χ3v) is 7.87. The van der Waals surface area contributed by atoms with E-state index in [-0.39, 0.29) is 29.8 Å². The number of aryl methyl sites for hydroxylation is 2. The zero-order valence-electron chi connectivity index (χ0n) is 24.7. The van der Waals surface area contributed by atoms with E-state index in [2.05, 4.69) is 32.4 Å². The summed E-state index contributed by atoms with van der Waals surface area (Å²) >= 11 is 0. The number of likely N-dealkylation sites (N-methyl/N-ethyl adjacent to an activating group) is 1. The topological polar surface area (TPSA) is 77.6 Å². The molecule has 5 rings (SSSR count). The van der Waals surface area contributed by atoms with Crippen molar-refractivity contribution >= 4 is 23.3 Å². The lowest BCUT2D eigenvalue weighted by molar-refractivity contribution is -0.138. The second-order valence-corrected chi connectivity index (χ2v) is 11.4. The molecule has 2 heterocycles. The fraction of sp³-hybridized carbons (Fsp3) is 0.364. The lowest BCUT2D eigenvalue weighted by Gasteiger charge is -2.33.